The second kappa shape index (κ2) is 5.97. The van der Waals surface area contributed by atoms with Crippen LogP contribution in [0.2, 0.25) is 0 Å². The van der Waals surface area contributed by atoms with E-state index in [0.29, 0.717) is 11.3 Å². The molecule has 0 spiro atoms. The second-order valence-electron chi connectivity index (χ2n) is 9.36. The Morgan fingerprint density at radius 3 is 2.07 bits per heavy atom. The number of nitrogens with one attached hydrogen (secondary N) is 1. The lowest BCUT2D eigenvalue weighted by atomic mass is 9.63. The molecule has 1 amide bonds. The molecule has 1 N–H and O–H groups in total. The summed E-state index contributed by atoms with van der Waals surface area (Å²) in [7, 11) is 0. The van der Waals surface area contributed by atoms with Crippen LogP contribution in [0, 0.1) is 5.41 Å². The normalized spacial score (nSPS) is 25.9. The molecule has 2 bridgehead atoms. The molecule has 152 valence electrons. The number of nitrogens with zero attached hydrogens (tertiary/aromatic N) is 2. The minimum atomic E-state index is -0.743. The van der Waals surface area contributed by atoms with E-state index in [1.807, 2.05) is 24.3 Å². The van der Waals surface area contributed by atoms with Gasteiger partial charge in [0.25, 0.3) is 0 Å². The van der Waals surface area contributed by atoms with Crippen LogP contribution < -0.4 is 5.32 Å². The number of rotatable bonds is 3. The molecule has 2 aliphatic carbocycles. The summed E-state index contributed by atoms with van der Waals surface area (Å²) in [6, 6.07) is 14.9. The third kappa shape index (κ3) is 2.18. The van der Waals surface area contributed by atoms with Gasteiger partial charge in [0.05, 0.1) is 27.8 Å². The minimum absolute atomic E-state index is 0.00559. The first kappa shape index (κ1) is 18.9. The summed E-state index contributed by atoms with van der Waals surface area (Å²) < 4.78 is 0. The van der Waals surface area contributed by atoms with Gasteiger partial charge in [-0.15, -0.1) is 0 Å². The lowest BCUT2D eigenvalue weighted by molar-refractivity contribution is -0.125. The van der Waals surface area contributed by atoms with Crippen LogP contribution in [-0.4, -0.2) is 21.7 Å². The van der Waals surface area contributed by atoms with E-state index in [1.165, 1.54) is 6.92 Å². The van der Waals surface area contributed by atoms with Crippen molar-refractivity contribution in [3.8, 4) is 0 Å². The quantitative estimate of drug-likeness (QED) is 0.642. The summed E-state index contributed by atoms with van der Waals surface area (Å²) in [6.07, 6.45) is 1.64. The van der Waals surface area contributed by atoms with E-state index in [0.717, 1.165) is 35.3 Å². The number of benzene rings is 2. The predicted octanol–water partition coefficient (Wildman–Crippen LogP) is 4.80. The summed E-state index contributed by atoms with van der Waals surface area (Å²) in [5, 5.41) is 3.11. The van der Waals surface area contributed by atoms with Crippen molar-refractivity contribution in [3.05, 3.63) is 65.5 Å². The smallest absolute Gasteiger partial charge is 0.237 e. The van der Waals surface area contributed by atoms with E-state index in [-0.39, 0.29) is 22.5 Å². The van der Waals surface area contributed by atoms with E-state index in [1.54, 1.807) is 24.3 Å². The van der Waals surface area contributed by atoms with Crippen molar-refractivity contribution in [3.63, 3.8) is 0 Å². The molecule has 3 aromatic rings. The third-order valence-electron chi connectivity index (χ3n) is 7.88. The van der Waals surface area contributed by atoms with Crippen molar-refractivity contribution < 1.29 is 9.59 Å². The Bertz CT molecular complexity index is 1210. The summed E-state index contributed by atoms with van der Waals surface area (Å²) in [5.41, 5.74) is 3.50. The number of fused-ring (bicyclic) bond motifs is 6. The third-order valence-corrected chi connectivity index (χ3v) is 7.88. The summed E-state index contributed by atoms with van der Waals surface area (Å²) in [4.78, 5) is 35.4. The molecule has 0 unspecified atom stereocenters. The van der Waals surface area contributed by atoms with Crippen LogP contribution in [0.5, 0.6) is 0 Å². The van der Waals surface area contributed by atoms with Crippen LogP contribution >= 0.6 is 0 Å². The summed E-state index contributed by atoms with van der Waals surface area (Å²) in [5.74, 6) is -0.0406. The lowest BCUT2D eigenvalue weighted by Crippen LogP contribution is -2.48. The van der Waals surface area contributed by atoms with Crippen LogP contribution in [-0.2, 0) is 15.6 Å². The SMILES string of the molecule is CC(=O)c1ccc(NC(=O)[C@]23CC[C@](C)(c4nc5ccccc5nc42)C3(C)C)cc1. The number of carbonyl (C=O) groups excluding carboxylic acids is 2. The van der Waals surface area contributed by atoms with Gasteiger partial charge in [-0.05, 0) is 61.6 Å². The summed E-state index contributed by atoms with van der Waals surface area (Å²) >= 11 is 0. The molecule has 2 aliphatic rings. The molecule has 5 heteroatoms. The molecule has 5 nitrogen and oxygen atoms in total. The number of hydrogen-bond acceptors (Lipinski definition) is 4. The maximum Gasteiger partial charge on any atom is 0.237 e. The van der Waals surface area contributed by atoms with Gasteiger partial charge >= 0.3 is 0 Å². The van der Waals surface area contributed by atoms with Gasteiger partial charge in [-0.2, -0.15) is 0 Å². The second-order valence-corrected chi connectivity index (χ2v) is 9.36. The van der Waals surface area contributed by atoms with Gasteiger partial charge in [0.1, 0.15) is 0 Å². The number of ketones is 1. The van der Waals surface area contributed by atoms with Crippen LogP contribution in [0.3, 0.4) is 0 Å². The molecule has 30 heavy (non-hydrogen) atoms. The van der Waals surface area contributed by atoms with Crippen molar-refractivity contribution in [2.24, 2.45) is 5.41 Å². The van der Waals surface area contributed by atoms with Crippen molar-refractivity contribution in [2.75, 3.05) is 5.32 Å². The predicted molar refractivity (Wildman–Crippen MR) is 117 cm³/mol. The van der Waals surface area contributed by atoms with Crippen molar-refractivity contribution in [1.82, 2.24) is 9.97 Å². The van der Waals surface area contributed by atoms with Crippen molar-refractivity contribution >= 4 is 28.4 Å². The highest BCUT2D eigenvalue weighted by molar-refractivity contribution is 6.02. The molecule has 0 aliphatic heterocycles. The topological polar surface area (TPSA) is 72.0 Å². The average molecular weight is 399 g/mol. The number of Topliss-reactive ketones (excluding diaryl/α,β-unsaturated/α-hetero) is 1. The molecule has 5 rings (SSSR count). The summed E-state index contributed by atoms with van der Waals surface area (Å²) in [6.45, 7) is 8.10. The number of para-hydroxylation sites is 2. The Morgan fingerprint density at radius 2 is 1.47 bits per heavy atom. The molecular weight excluding hydrogens is 374 g/mol. The highest BCUT2D eigenvalue weighted by atomic mass is 16.2. The number of amides is 1. The Labute approximate surface area is 175 Å². The van der Waals surface area contributed by atoms with Gasteiger partial charge < -0.3 is 5.32 Å². The molecular formula is C25H25N3O2. The first-order valence-electron chi connectivity index (χ1n) is 10.4. The van der Waals surface area contributed by atoms with E-state index in [9.17, 15) is 9.59 Å². The first-order valence-corrected chi connectivity index (χ1v) is 10.4. The van der Waals surface area contributed by atoms with Crippen molar-refractivity contribution in [1.29, 1.82) is 0 Å². The molecule has 1 fully saturated rings. The maximum absolute atomic E-state index is 13.8. The van der Waals surface area contributed by atoms with Gasteiger partial charge in [0.2, 0.25) is 5.91 Å². The molecule has 0 radical (unpaired) electrons. The van der Waals surface area contributed by atoms with Crippen LogP contribution in [0.25, 0.3) is 11.0 Å². The zero-order chi connectivity index (χ0) is 21.3. The molecule has 1 heterocycles. The van der Waals surface area contributed by atoms with Gasteiger partial charge in [-0.3, -0.25) is 9.59 Å². The number of carbonyl (C=O) groups is 2. The highest BCUT2D eigenvalue weighted by Crippen LogP contribution is 2.70. The zero-order valence-corrected chi connectivity index (χ0v) is 17.7. The molecule has 2 atom stereocenters. The average Bonchev–Trinajstić information content (AvgIpc) is 3.02. The Kier molecular flexibility index (Phi) is 3.77. The zero-order valence-electron chi connectivity index (χ0n) is 17.7. The number of hydrogen-bond donors (Lipinski definition) is 1. The Morgan fingerprint density at radius 1 is 0.867 bits per heavy atom. The maximum atomic E-state index is 13.8. The van der Waals surface area contributed by atoms with Crippen LogP contribution in [0.1, 0.15) is 62.3 Å². The minimum Gasteiger partial charge on any atom is -0.325 e. The van der Waals surface area contributed by atoms with E-state index < -0.39 is 5.41 Å². The van der Waals surface area contributed by atoms with Crippen LogP contribution in [0.4, 0.5) is 5.69 Å². The molecule has 1 saturated carbocycles. The first-order chi connectivity index (χ1) is 14.2. The fraction of sp³-hybridized carbons (Fsp3) is 0.360. The van der Waals surface area contributed by atoms with Gasteiger partial charge in [-0.1, -0.05) is 32.9 Å². The Balaban J connectivity index is 1.63. The fourth-order valence-corrected chi connectivity index (χ4v) is 5.58. The lowest BCUT2D eigenvalue weighted by Gasteiger charge is -2.39. The number of aromatic nitrogens is 2. The van der Waals surface area contributed by atoms with Crippen LogP contribution in [0.15, 0.2) is 48.5 Å². The highest BCUT2D eigenvalue weighted by Gasteiger charge is 2.73. The van der Waals surface area contributed by atoms with E-state index in [2.05, 4.69) is 26.1 Å². The molecule has 2 aromatic carbocycles. The molecule has 0 saturated heterocycles. The fourth-order valence-electron chi connectivity index (χ4n) is 5.58. The van der Waals surface area contributed by atoms with Gasteiger partial charge in [-0.25, -0.2) is 9.97 Å². The van der Waals surface area contributed by atoms with Crippen molar-refractivity contribution in [2.45, 2.75) is 51.4 Å². The van der Waals surface area contributed by atoms with Gasteiger partial charge in [0, 0.05) is 16.7 Å². The van der Waals surface area contributed by atoms with E-state index in [4.69, 9.17) is 9.97 Å². The monoisotopic (exact) mass is 399 g/mol. The van der Waals surface area contributed by atoms with E-state index >= 15 is 0 Å². The standard InChI is InChI=1S/C25H25N3O2/c1-15(29)16-9-11-17(12-10-16)26-22(30)25-14-13-24(4,23(25,2)3)20-21(25)28-19-8-6-5-7-18(19)27-20/h5-12H,13-14H2,1-4H3,(H,26,30)/t24-,25+/m1/s1. The Hall–Kier alpha value is -3.08. The largest absolute Gasteiger partial charge is 0.325 e. The number of anilines is 1. The molecule has 1 aromatic heterocycles. The van der Waals surface area contributed by atoms with Gasteiger partial charge in [0.15, 0.2) is 5.78 Å².